The zero-order valence-corrected chi connectivity index (χ0v) is 14.7. The van der Waals surface area contributed by atoms with Crippen LogP contribution in [0.4, 0.5) is 0 Å². The highest BCUT2D eigenvalue weighted by molar-refractivity contribution is 5.81. The number of aryl methyl sites for hydroxylation is 1. The first-order chi connectivity index (χ1) is 12.6. The number of carbonyl (C=O) groups excluding carboxylic acids is 1. The predicted octanol–water partition coefficient (Wildman–Crippen LogP) is 3.39. The lowest BCUT2D eigenvalue weighted by atomic mass is 9.81. The van der Waals surface area contributed by atoms with E-state index in [4.69, 9.17) is 0 Å². The summed E-state index contributed by atoms with van der Waals surface area (Å²) in [7, 11) is 0. The first-order valence-corrected chi connectivity index (χ1v) is 9.27. The van der Waals surface area contributed by atoms with Crippen LogP contribution in [0.15, 0.2) is 48.5 Å². The fourth-order valence-electron chi connectivity index (χ4n) is 4.33. The second-order valence-corrected chi connectivity index (χ2v) is 7.45. The number of amides is 1. The maximum absolute atomic E-state index is 12.9. The van der Waals surface area contributed by atoms with Crippen molar-refractivity contribution in [3.63, 3.8) is 0 Å². The molecule has 2 aliphatic rings. The molecule has 0 spiro atoms. The molecule has 0 aromatic heterocycles. The Balaban J connectivity index is 1.47. The Hall–Kier alpha value is -2.62. The number of fused-ring (bicyclic) bond motifs is 2. The van der Waals surface area contributed by atoms with Crippen LogP contribution >= 0.6 is 0 Å². The molecule has 2 aromatic rings. The van der Waals surface area contributed by atoms with Gasteiger partial charge in [-0.1, -0.05) is 48.5 Å². The minimum absolute atomic E-state index is 0.0788. The summed E-state index contributed by atoms with van der Waals surface area (Å²) in [6, 6.07) is 16.0. The van der Waals surface area contributed by atoms with Gasteiger partial charge in [0.05, 0.1) is 5.92 Å². The van der Waals surface area contributed by atoms with E-state index < -0.39 is 11.9 Å². The number of hydrogen-bond donors (Lipinski definition) is 1. The molecular formula is C22H23NO3. The number of aliphatic carboxylic acids is 1. The number of carbonyl (C=O) groups is 2. The van der Waals surface area contributed by atoms with Crippen LogP contribution < -0.4 is 0 Å². The third-order valence-electron chi connectivity index (χ3n) is 5.76. The summed E-state index contributed by atoms with van der Waals surface area (Å²) in [6.45, 7) is 0.788. The van der Waals surface area contributed by atoms with E-state index in [0.717, 1.165) is 30.4 Å². The summed E-state index contributed by atoms with van der Waals surface area (Å²) < 4.78 is 0. The van der Waals surface area contributed by atoms with E-state index in [9.17, 15) is 14.7 Å². The van der Waals surface area contributed by atoms with Crippen LogP contribution in [-0.2, 0) is 29.0 Å². The van der Waals surface area contributed by atoms with Gasteiger partial charge in [0.25, 0.3) is 0 Å². The number of carboxylic acid groups (broad SMARTS) is 1. The molecule has 2 unspecified atom stereocenters. The van der Waals surface area contributed by atoms with E-state index in [1.54, 1.807) is 4.90 Å². The zero-order chi connectivity index (χ0) is 18.1. The molecule has 0 radical (unpaired) electrons. The molecule has 4 nitrogen and oxygen atoms in total. The van der Waals surface area contributed by atoms with Gasteiger partial charge in [-0.25, -0.2) is 0 Å². The van der Waals surface area contributed by atoms with Crippen molar-refractivity contribution in [3.8, 4) is 0 Å². The van der Waals surface area contributed by atoms with Gasteiger partial charge in [-0.3, -0.25) is 9.59 Å². The van der Waals surface area contributed by atoms with Crippen molar-refractivity contribution in [2.75, 3.05) is 6.54 Å². The Labute approximate surface area is 153 Å². The van der Waals surface area contributed by atoms with Gasteiger partial charge in [0, 0.05) is 19.5 Å². The molecule has 1 amide bonds. The maximum Gasteiger partial charge on any atom is 0.312 e. The van der Waals surface area contributed by atoms with Gasteiger partial charge in [0.15, 0.2) is 0 Å². The molecule has 4 heteroatoms. The van der Waals surface area contributed by atoms with Crippen LogP contribution in [0.5, 0.6) is 0 Å². The number of nitrogens with zero attached hydrogens (tertiary/aromatic N) is 1. The highest BCUT2D eigenvalue weighted by atomic mass is 16.4. The molecule has 1 aliphatic heterocycles. The van der Waals surface area contributed by atoms with Crippen LogP contribution in [0.1, 0.15) is 41.0 Å². The minimum atomic E-state index is -0.860. The molecule has 1 aliphatic carbocycles. The molecule has 2 atom stereocenters. The Morgan fingerprint density at radius 1 is 1.00 bits per heavy atom. The third kappa shape index (κ3) is 3.24. The van der Waals surface area contributed by atoms with Crippen molar-refractivity contribution >= 4 is 11.9 Å². The summed E-state index contributed by atoms with van der Waals surface area (Å²) in [6.07, 6.45) is 3.49. The topological polar surface area (TPSA) is 57.6 Å². The lowest BCUT2D eigenvalue weighted by Gasteiger charge is -2.34. The van der Waals surface area contributed by atoms with Gasteiger partial charge >= 0.3 is 5.97 Å². The summed E-state index contributed by atoms with van der Waals surface area (Å²) in [5.74, 6) is -1.06. The molecule has 0 saturated heterocycles. The summed E-state index contributed by atoms with van der Waals surface area (Å²) >= 11 is 0. The number of carboxylic acids is 1. The Kier molecular flexibility index (Phi) is 4.49. The van der Waals surface area contributed by atoms with Crippen molar-refractivity contribution in [2.45, 2.75) is 38.1 Å². The van der Waals surface area contributed by atoms with Crippen molar-refractivity contribution in [3.05, 3.63) is 70.8 Å². The lowest BCUT2D eigenvalue weighted by molar-refractivity contribution is -0.141. The van der Waals surface area contributed by atoms with Gasteiger partial charge in [-0.15, -0.1) is 0 Å². The summed E-state index contributed by atoms with van der Waals surface area (Å²) in [4.78, 5) is 26.3. The fourth-order valence-corrected chi connectivity index (χ4v) is 4.33. The third-order valence-corrected chi connectivity index (χ3v) is 5.76. The van der Waals surface area contributed by atoms with Crippen LogP contribution in [-0.4, -0.2) is 28.4 Å². The normalized spacial score (nSPS) is 21.6. The average Bonchev–Trinajstić information content (AvgIpc) is 2.66. The van der Waals surface area contributed by atoms with E-state index in [1.165, 1.54) is 11.1 Å². The molecule has 4 rings (SSSR count). The minimum Gasteiger partial charge on any atom is -0.481 e. The standard InChI is InChI=1S/C22H23NO3/c24-21(12-15-9-10-16-5-1-2-6-17(16)11-15)23-13-18-7-3-4-8-19(18)20(14-23)22(25)26/h1-8,15,20H,9-14H2,(H,25,26). The van der Waals surface area contributed by atoms with Crippen LogP contribution in [0.2, 0.25) is 0 Å². The smallest absolute Gasteiger partial charge is 0.312 e. The summed E-state index contributed by atoms with van der Waals surface area (Å²) in [5.41, 5.74) is 4.54. The van der Waals surface area contributed by atoms with Crippen LogP contribution in [0.25, 0.3) is 0 Å². The summed E-state index contributed by atoms with van der Waals surface area (Å²) in [5, 5.41) is 9.58. The molecule has 0 fully saturated rings. The average molecular weight is 349 g/mol. The fraction of sp³-hybridized carbons (Fsp3) is 0.364. The Morgan fingerprint density at radius 3 is 2.46 bits per heavy atom. The number of hydrogen-bond acceptors (Lipinski definition) is 2. The highest BCUT2D eigenvalue weighted by Gasteiger charge is 2.33. The van der Waals surface area contributed by atoms with Crippen molar-refractivity contribution in [2.24, 2.45) is 5.92 Å². The Bertz CT molecular complexity index is 845. The molecule has 1 N–H and O–H groups in total. The van der Waals surface area contributed by atoms with Gasteiger partial charge in [-0.2, -0.15) is 0 Å². The predicted molar refractivity (Wildman–Crippen MR) is 98.8 cm³/mol. The SMILES string of the molecule is O=C(O)C1CN(C(=O)CC2CCc3ccccc3C2)Cc2ccccc21. The molecule has 0 bridgehead atoms. The molecule has 2 aromatic carbocycles. The first-order valence-electron chi connectivity index (χ1n) is 9.27. The lowest BCUT2D eigenvalue weighted by Crippen LogP contribution is -2.41. The van der Waals surface area contributed by atoms with Gasteiger partial charge in [0.1, 0.15) is 0 Å². The van der Waals surface area contributed by atoms with Crippen LogP contribution in [0.3, 0.4) is 0 Å². The highest BCUT2D eigenvalue weighted by Crippen LogP contribution is 2.31. The number of rotatable bonds is 3. The Morgan fingerprint density at radius 2 is 1.69 bits per heavy atom. The van der Waals surface area contributed by atoms with Crippen molar-refractivity contribution < 1.29 is 14.7 Å². The van der Waals surface area contributed by atoms with Crippen molar-refractivity contribution in [1.29, 1.82) is 0 Å². The van der Waals surface area contributed by atoms with Gasteiger partial charge in [0.2, 0.25) is 5.91 Å². The van der Waals surface area contributed by atoms with Crippen molar-refractivity contribution in [1.82, 2.24) is 4.90 Å². The van der Waals surface area contributed by atoms with E-state index in [2.05, 4.69) is 24.3 Å². The molecule has 134 valence electrons. The first kappa shape index (κ1) is 16.8. The molecular weight excluding hydrogens is 326 g/mol. The monoisotopic (exact) mass is 349 g/mol. The van der Waals surface area contributed by atoms with E-state index in [0.29, 0.717) is 18.9 Å². The number of benzene rings is 2. The second-order valence-electron chi connectivity index (χ2n) is 7.45. The van der Waals surface area contributed by atoms with E-state index in [-0.39, 0.29) is 12.5 Å². The molecule has 26 heavy (non-hydrogen) atoms. The maximum atomic E-state index is 12.9. The zero-order valence-electron chi connectivity index (χ0n) is 14.7. The second kappa shape index (κ2) is 6.94. The van der Waals surface area contributed by atoms with E-state index >= 15 is 0 Å². The van der Waals surface area contributed by atoms with Gasteiger partial charge < -0.3 is 10.0 Å². The van der Waals surface area contributed by atoms with Gasteiger partial charge in [-0.05, 0) is 47.4 Å². The largest absolute Gasteiger partial charge is 0.481 e. The van der Waals surface area contributed by atoms with E-state index in [1.807, 2.05) is 24.3 Å². The molecule has 1 heterocycles. The van der Waals surface area contributed by atoms with Crippen LogP contribution in [0, 0.1) is 5.92 Å². The quantitative estimate of drug-likeness (QED) is 0.924. The molecule has 0 saturated carbocycles.